The number of likely N-dealkylation sites (N-methyl/N-ethyl adjacent to an activating group) is 1. The zero-order valence-electron chi connectivity index (χ0n) is 16.5. The van der Waals surface area contributed by atoms with Gasteiger partial charge in [0.05, 0.1) is 28.7 Å². The summed E-state index contributed by atoms with van der Waals surface area (Å²) in [5, 5.41) is 5.86. The van der Waals surface area contributed by atoms with Crippen LogP contribution in [0.25, 0.3) is 21.8 Å². The maximum absolute atomic E-state index is 13.3. The Morgan fingerprint density at radius 3 is 2.93 bits per heavy atom. The molecule has 0 saturated carbocycles. The number of nitrogens with zero attached hydrogens (tertiary/aromatic N) is 5. The molecule has 5 rings (SSSR count). The van der Waals surface area contributed by atoms with Gasteiger partial charge < -0.3 is 15.4 Å². The van der Waals surface area contributed by atoms with Crippen LogP contribution in [0.3, 0.4) is 0 Å². The van der Waals surface area contributed by atoms with Gasteiger partial charge in [-0.25, -0.2) is 9.97 Å². The summed E-state index contributed by atoms with van der Waals surface area (Å²) in [4.78, 5) is 23.7. The van der Waals surface area contributed by atoms with E-state index in [1.54, 1.807) is 41.0 Å². The lowest BCUT2D eigenvalue weighted by Crippen LogP contribution is -2.32. The number of carbonyl (C=O) groups excluding carboxylic acids is 1. The van der Waals surface area contributed by atoms with Crippen molar-refractivity contribution in [3.05, 3.63) is 53.3 Å². The summed E-state index contributed by atoms with van der Waals surface area (Å²) in [5.41, 5.74) is 9.50. The number of rotatable bonds is 2. The van der Waals surface area contributed by atoms with Crippen molar-refractivity contribution in [2.75, 3.05) is 19.4 Å². The van der Waals surface area contributed by atoms with Gasteiger partial charge in [-0.2, -0.15) is 5.10 Å². The van der Waals surface area contributed by atoms with Crippen molar-refractivity contribution in [2.45, 2.75) is 6.04 Å². The molecule has 0 radical (unpaired) electrons. The molecule has 1 unspecified atom stereocenters. The predicted octanol–water partition coefficient (Wildman–Crippen LogP) is 2.29. The van der Waals surface area contributed by atoms with E-state index in [0.29, 0.717) is 35.1 Å². The van der Waals surface area contributed by atoms with Crippen LogP contribution in [0.15, 0.2) is 36.5 Å². The minimum Gasteiger partial charge on any atom is -0.475 e. The van der Waals surface area contributed by atoms with Gasteiger partial charge in [-0.3, -0.25) is 9.48 Å². The summed E-state index contributed by atoms with van der Waals surface area (Å²) in [6.45, 7) is 0.330. The Morgan fingerprint density at radius 1 is 1.30 bits per heavy atom. The van der Waals surface area contributed by atoms with Gasteiger partial charge in [-0.05, 0) is 30.3 Å². The van der Waals surface area contributed by atoms with E-state index in [9.17, 15) is 4.79 Å². The molecule has 1 aliphatic rings. The highest BCUT2D eigenvalue weighted by molar-refractivity contribution is 6.10. The normalized spacial score (nSPS) is 15.0. The van der Waals surface area contributed by atoms with Crippen molar-refractivity contribution in [2.24, 2.45) is 7.05 Å². The molecule has 0 bridgehead atoms. The third-order valence-corrected chi connectivity index (χ3v) is 5.52. The minimum absolute atomic E-state index is 0.133. The number of benzene rings is 1. The first kappa shape index (κ1) is 17.9. The second-order valence-corrected chi connectivity index (χ2v) is 7.24. The van der Waals surface area contributed by atoms with Gasteiger partial charge in [-0.1, -0.05) is 5.92 Å². The van der Waals surface area contributed by atoms with Gasteiger partial charge in [0.25, 0.3) is 5.91 Å². The highest BCUT2D eigenvalue weighted by Crippen LogP contribution is 2.35. The van der Waals surface area contributed by atoms with E-state index in [1.165, 1.54) is 0 Å². The second kappa shape index (κ2) is 6.46. The Morgan fingerprint density at radius 2 is 2.13 bits per heavy atom. The molecule has 8 heteroatoms. The summed E-state index contributed by atoms with van der Waals surface area (Å²) in [7, 11) is 3.59. The van der Waals surface area contributed by atoms with Crippen LogP contribution in [0, 0.1) is 12.3 Å². The van der Waals surface area contributed by atoms with E-state index in [2.05, 4.69) is 21.0 Å². The van der Waals surface area contributed by atoms with Crippen molar-refractivity contribution in [3.63, 3.8) is 0 Å². The molecule has 1 amide bonds. The summed E-state index contributed by atoms with van der Waals surface area (Å²) in [5.74, 6) is 3.25. The lowest BCUT2D eigenvalue weighted by atomic mass is 10.1. The van der Waals surface area contributed by atoms with Gasteiger partial charge in [0.15, 0.2) is 0 Å². The molecule has 8 nitrogen and oxygen atoms in total. The van der Waals surface area contributed by atoms with Crippen molar-refractivity contribution in [3.8, 4) is 18.2 Å². The summed E-state index contributed by atoms with van der Waals surface area (Å²) in [6, 6.07) is 8.77. The van der Waals surface area contributed by atoms with E-state index < -0.39 is 0 Å². The van der Waals surface area contributed by atoms with Crippen molar-refractivity contribution in [1.29, 1.82) is 0 Å². The number of aromatic nitrogens is 4. The Labute approximate surface area is 172 Å². The van der Waals surface area contributed by atoms with E-state index >= 15 is 0 Å². The molecular weight excluding hydrogens is 380 g/mol. The second-order valence-electron chi connectivity index (χ2n) is 7.24. The highest BCUT2D eigenvalue weighted by Gasteiger charge is 2.32. The largest absolute Gasteiger partial charge is 0.475 e. The molecule has 148 valence electrons. The number of hydrogen-bond acceptors (Lipinski definition) is 6. The van der Waals surface area contributed by atoms with Gasteiger partial charge in [-0.15, -0.1) is 6.42 Å². The molecular formula is C22H18N6O2. The predicted molar refractivity (Wildman–Crippen MR) is 113 cm³/mol. The molecule has 0 spiro atoms. The third-order valence-electron chi connectivity index (χ3n) is 5.52. The molecule has 30 heavy (non-hydrogen) atoms. The lowest BCUT2D eigenvalue weighted by molar-refractivity contribution is 0.0708. The SMILES string of the molecule is C#Cc1ccc2c(n1)OCC2N(C)C(=O)c1ccc2nc(N)c3cnn(C)c3c2c1. The fourth-order valence-corrected chi connectivity index (χ4v) is 3.90. The number of carbonyl (C=O) groups is 1. The topological polar surface area (TPSA) is 99.2 Å². The lowest BCUT2D eigenvalue weighted by Gasteiger charge is -2.23. The molecule has 1 aromatic carbocycles. The number of hydrogen-bond donors (Lipinski definition) is 1. The average Bonchev–Trinajstić information content (AvgIpc) is 3.36. The van der Waals surface area contributed by atoms with Gasteiger partial charge in [0, 0.05) is 30.6 Å². The number of nitrogen functional groups attached to an aromatic ring is 1. The Balaban J connectivity index is 1.54. The van der Waals surface area contributed by atoms with E-state index in [1.807, 2.05) is 19.2 Å². The van der Waals surface area contributed by atoms with E-state index in [-0.39, 0.29) is 11.9 Å². The van der Waals surface area contributed by atoms with Crippen LogP contribution < -0.4 is 10.5 Å². The quantitative estimate of drug-likeness (QED) is 0.520. The number of anilines is 1. The van der Waals surface area contributed by atoms with Crippen LogP contribution in [-0.2, 0) is 7.05 Å². The molecule has 1 atom stereocenters. The van der Waals surface area contributed by atoms with Crippen LogP contribution in [0.5, 0.6) is 5.88 Å². The van der Waals surface area contributed by atoms with Crippen molar-refractivity contribution < 1.29 is 9.53 Å². The van der Waals surface area contributed by atoms with Crippen LogP contribution >= 0.6 is 0 Å². The van der Waals surface area contributed by atoms with Gasteiger partial charge >= 0.3 is 0 Å². The van der Waals surface area contributed by atoms with Crippen LogP contribution in [-0.4, -0.2) is 44.2 Å². The Hall–Kier alpha value is -4.12. The number of nitrogens with two attached hydrogens (primary N) is 1. The zero-order valence-corrected chi connectivity index (χ0v) is 16.5. The molecule has 3 aromatic heterocycles. The Kier molecular flexibility index (Phi) is 3.86. The number of pyridine rings is 2. The number of terminal acetylenes is 1. The first-order valence-corrected chi connectivity index (χ1v) is 9.36. The standard InChI is InChI=1S/C22H18N6O2/c1-4-13-6-7-14-18(11-30-21(14)25-13)27(2)22(29)12-5-8-17-15(9-12)19-16(20(23)26-17)10-24-28(19)3/h1,5-10,18H,11H2,2-3H3,(H2,23,26). The molecule has 2 N–H and O–H groups in total. The fourth-order valence-electron chi connectivity index (χ4n) is 3.90. The first-order valence-electron chi connectivity index (χ1n) is 9.36. The van der Waals surface area contributed by atoms with Crippen LogP contribution in [0.2, 0.25) is 0 Å². The minimum atomic E-state index is -0.246. The third kappa shape index (κ3) is 2.56. The molecule has 1 aliphatic heterocycles. The molecule has 0 saturated heterocycles. The van der Waals surface area contributed by atoms with Crippen molar-refractivity contribution in [1.82, 2.24) is 24.6 Å². The average molecular weight is 398 g/mol. The first-order chi connectivity index (χ1) is 14.5. The number of amides is 1. The van der Waals surface area contributed by atoms with Crippen LogP contribution in [0.4, 0.5) is 5.82 Å². The van der Waals surface area contributed by atoms with Crippen LogP contribution in [0.1, 0.15) is 27.7 Å². The number of fused-ring (bicyclic) bond motifs is 4. The smallest absolute Gasteiger partial charge is 0.254 e. The summed E-state index contributed by atoms with van der Waals surface area (Å²) in [6.07, 6.45) is 7.09. The van der Waals surface area contributed by atoms with Crippen molar-refractivity contribution >= 4 is 33.5 Å². The zero-order chi connectivity index (χ0) is 21.0. The van der Waals surface area contributed by atoms with E-state index in [4.69, 9.17) is 16.9 Å². The monoisotopic (exact) mass is 398 g/mol. The number of aryl methyl sites for hydroxylation is 1. The highest BCUT2D eigenvalue weighted by atomic mass is 16.5. The maximum atomic E-state index is 13.3. The van der Waals surface area contributed by atoms with E-state index in [0.717, 1.165) is 21.9 Å². The van der Waals surface area contributed by atoms with Gasteiger partial charge in [0.2, 0.25) is 5.88 Å². The Bertz CT molecular complexity index is 1380. The molecule has 0 aliphatic carbocycles. The van der Waals surface area contributed by atoms with Gasteiger partial charge in [0.1, 0.15) is 18.1 Å². The summed E-state index contributed by atoms with van der Waals surface area (Å²) < 4.78 is 7.41. The molecule has 4 aromatic rings. The summed E-state index contributed by atoms with van der Waals surface area (Å²) >= 11 is 0. The fraction of sp³-hybridized carbons (Fsp3) is 0.182. The molecule has 0 fully saturated rings. The number of ether oxygens (including phenoxy) is 1. The maximum Gasteiger partial charge on any atom is 0.254 e. The molecule has 4 heterocycles.